The number of para-hydroxylation sites is 1. The average molecular weight is 298 g/mol. The van der Waals surface area contributed by atoms with E-state index >= 15 is 0 Å². The Morgan fingerprint density at radius 2 is 2.19 bits per heavy atom. The molecule has 0 radical (unpaired) electrons. The first-order chi connectivity index (χ1) is 7.66. The molecule has 0 unspecified atom stereocenters. The zero-order valence-electron chi connectivity index (χ0n) is 8.44. The van der Waals surface area contributed by atoms with Crippen LogP contribution in [-0.4, -0.2) is 11.0 Å². The van der Waals surface area contributed by atoms with E-state index in [0.717, 1.165) is 9.48 Å². The van der Waals surface area contributed by atoms with Crippen LogP contribution in [0.3, 0.4) is 0 Å². The standard InChI is InChI=1S/C11H8BrNO2S/c1-7-13-9(6-16-7)11(14)15-10-5-3-2-4-8(10)12/h2-6H,1H3. The first-order valence-corrected chi connectivity index (χ1v) is 6.23. The van der Waals surface area contributed by atoms with Gasteiger partial charge in [0.15, 0.2) is 5.69 Å². The summed E-state index contributed by atoms with van der Waals surface area (Å²) in [4.78, 5) is 15.7. The van der Waals surface area contributed by atoms with Gasteiger partial charge in [-0.15, -0.1) is 11.3 Å². The first-order valence-electron chi connectivity index (χ1n) is 4.55. The maximum absolute atomic E-state index is 11.7. The van der Waals surface area contributed by atoms with Crippen LogP contribution in [0.25, 0.3) is 0 Å². The number of hydrogen-bond donors (Lipinski definition) is 0. The molecule has 0 aliphatic carbocycles. The Kier molecular flexibility index (Phi) is 3.36. The molecule has 0 aliphatic rings. The number of carbonyl (C=O) groups is 1. The lowest BCUT2D eigenvalue weighted by atomic mass is 10.3. The maximum atomic E-state index is 11.7. The second-order valence-electron chi connectivity index (χ2n) is 3.07. The minimum Gasteiger partial charge on any atom is -0.421 e. The summed E-state index contributed by atoms with van der Waals surface area (Å²) < 4.78 is 5.95. The largest absolute Gasteiger partial charge is 0.421 e. The van der Waals surface area contributed by atoms with Crippen molar-refractivity contribution in [2.24, 2.45) is 0 Å². The van der Waals surface area contributed by atoms with Gasteiger partial charge < -0.3 is 4.74 Å². The molecule has 1 aromatic heterocycles. The molecule has 1 heterocycles. The molecule has 0 bridgehead atoms. The fraction of sp³-hybridized carbons (Fsp3) is 0.0909. The van der Waals surface area contributed by atoms with Crippen LogP contribution in [0, 0.1) is 6.92 Å². The second kappa shape index (κ2) is 4.76. The molecule has 0 fully saturated rings. The fourth-order valence-corrected chi connectivity index (χ4v) is 2.08. The summed E-state index contributed by atoms with van der Waals surface area (Å²) in [5.74, 6) is 0.0643. The molecule has 0 saturated carbocycles. The highest BCUT2D eigenvalue weighted by Gasteiger charge is 2.13. The van der Waals surface area contributed by atoms with Crippen LogP contribution in [0.4, 0.5) is 0 Å². The fourth-order valence-electron chi connectivity index (χ4n) is 1.14. The van der Waals surface area contributed by atoms with E-state index in [0.29, 0.717) is 11.4 Å². The molecule has 2 rings (SSSR count). The van der Waals surface area contributed by atoms with E-state index in [2.05, 4.69) is 20.9 Å². The molecular formula is C11H8BrNO2S. The van der Waals surface area contributed by atoms with Crippen LogP contribution in [0.2, 0.25) is 0 Å². The Balaban J connectivity index is 2.17. The van der Waals surface area contributed by atoms with Crippen LogP contribution in [0.5, 0.6) is 5.75 Å². The number of halogens is 1. The predicted molar refractivity (Wildman–Crippen MR) is 66.0 cm³/mol. The molecule has 0 amide bonds. The zero-order chi connectivity index (χ0) is 11.5. The third-order valence-corrected chi connectivity index (χ3v) is 3.30. The van der Waals surface area contributed by atoms with Crippen molar-refractivity contribution in [3.8, 4) is 5.75 Å². The summed E-state index contributed by atoms with van der Waals surface area (Å²) in [6, 6.07) is 7.20. The van der Waals surface area contributed by atoms with Crippen LogP contribution >= 0.6 is 27.3 Å². The molecule has 0 aliphatic heterocycles. The third kappa shape index (κ3) is 2.48. The van der Waals surface area contributed by atoms with Crippen molar-refractivity contribution in [3.63, 3.8) is 0 Å². The van der Waals surface area contributed by atoms with E-state index in [-0.39, 0.29) is 0 Å². The van der Waals surface area contributed by atoms with Gasteiger partial charge in [-0.25, -0.2) is 9.78 Å². The highest BCUT2D eigenvalue weighted by Crippen LogP contribution is 2.24. The monoisotopic (exact) mass is 297 g/mol. The maximum Gasteiger partial charge on any atom is 0.363 e. The van der Waals surface area contributed by atoms with E-state index in [1.165, 1.54) is 11.3 Å². The van der Waals surface area contributed by atoms with Gasteiger partial charge in [-0.2, -0.15) is 0 Å². The van der Waals surface area contributed by atoms with Crippen molar-refractivity contribution >= 4 is 33.2 Å². The van der Waals surface area contributed by atoms with Crippen molar-refractivity contribution in [2.75, 3.05) is 0 Å². The number of nitrogens with zero attached hydrogens (tertiary/aromatic N) is 1. The second-order valence-corrected chi connectivity index (χ2v) is 4.99. The van der Waals surface area contributed by atoms with Crippen molar-refractivity contribution < 1.29 is 9.53 Å². The number of ether oxygens (including phenoxy) is 1. The van der Waals surface area contributed by atoms with Gasteiger partial charge in [-0.3, -0.25) is 0 Å². The third-order valence-electron chi connectivity index (χ3n) is 1.87. The summed E-state index contributed by atoms with van der Waals surface area (Å²) in [7, 11) is 0. The van der Waals surface area contributed by atoms with E-state index in [1.54, 1.807) is 17.5 Å². The summed E-state index contributed by atoms with van der Waals surface area (Å²) in [5, 5.41) is 2.54. The smallest absolute Gasteiger partial charge is 0.363 e. The molecule has 0 atom stereocenters. The minimum absolute atomic E-state index is 0.346. The average Bonchev–Trinajstić information content (AvgIpc) is 2.68. The summed E-state index contributed by atoms with van der Waals surface area (Å²) in [6.45, 7) is 1.85. The van der Waals surface area contributed by atoms with Gasteiger partial charge in [0.1, 0.15) is 5.75 Å². The number of hydrogen-bond acceptors (Lipinski definition) is 4. The van der Waals surface area contributed by atoms with Crippen LogP contribution in [-0.2, 0) is 0 Å². The molecule has 2 aromatic rings. The molecule has 0 saturated heterocycles. The Bertz CT molecular complexity index is 524. The Labute approximate surface area is 105 Å². The van der Waals surface area contributed by atoms with Crippen molar-refractivity contribution in [2.45, 2.75) is 6.92 Å². The molecule has 1 aromatic carbocycles. The Morgan fingerprint density at radius 3 is 2.81 bits per heavy atom. The highest BCUT2D eigenvalue weighted by atomic mass is 79.9. The zero-order valence-corrected chi connectivity index (χ0v) is 10.8. The predicted octanol–water partition coefficient (Wildman–Crippen LogP) is 3.43. The van der Waals surface area contributed by atoms with Crippen LogP contribution < -0.4 is 4.74 Å². The molecule has 3 nitrogen and oxygen atoms in total. The molecule has 5 heteroatoms. The van der Waals surface area contributed by atoms with E-state index in [4.69, 9.17) is 4.74 Å². The number of esters is 1. The van der Waals surface area contributed by atoms with Gasteiger partial charge >= 0.3 is 5.97 Å². The van der Waals surface area contributed by atoms with Crippen molar-refractivity contribution in [1.82, 2.24) is 4.98 Å². The molecule has 0 N–H and O–H groups in total. The lowest BCUT2D eigenvalue weighted by Crippen LogP contribution is -2.09. The van der Waals surface area contributed by atoms with Crippen molar-refractivity contribution in [1.29, 1.82) is 0 Å². The van der Waals surface area contributed by atoms with Crippen LogP contribution in [0.15, 0.2) is 34.1 Å². The molecule has 0 spiro atoms. The van der Waals surface area contributed by atoms with Gasteiger partial charge in [-0.1, -0.05) is 12.1 Å². The summed E-state index contributed by atoms with van der Waals surface area (Å²) in [5.41, 5.74) is 0.346. The van der Waals surface area contributed by atoms with Gasteiger partial charge in [0.2, 0.25) is 0 Å². The van der Waals surface area contributed by atoms with E-state index in [1.807, 2.05) is 19.1 Å². The number of thiazole rings is 1. The van der Waals surface area contributed by atoms with E-state index < -0.39 is 5.97 Å². The number of carbonyl (C=O) groups excluding carboxylic acids is 1. The summed E-state index contributed by atoms with van der Waals surface area (Å²) >= 11 is 4.73. The number of rotatable bonds is 2. The SMILES string of the molecule is Cc1nc(C(=O)Oc2ccccc2Br)cs1. The van der Waals surface area contributed by atoms with Crippen molar-refractivity contribution in [3.05, 3.63) is 44.8 Å². The van der Waals surface area contributed by atoms with Gasteiger partial charge in [0.25, 0.3) is 0 Å². The topological polar surface area (TPSA) is 39.2 Å². The quantitative estimate of drug-likeness (QED) is 0.630. The Morgan fingerprint density at radius 1 is 1.44 bits per heavy atom. The molecule has 82 valence electrons. The number of benzene rings is 1. The highest BCUT2D eigenvalue weighted by molar-refractivity contribution is 9.10. The lowest BCUT2D eigenvalue weighted by molar-refractivity contribution is 0.0728. The van der Waals surface area contributed by atoms with Crippen LogP contribution in [0.1, 0.15) is 15.5 Å². The van der Waals surface area contributed by atoms with Gasteiger partial charge in [0, 0.05) is 5.38 Å². The minimum atomic E-state index is -0.434. The normalized spacial score (nSPS) is 10.1. The molecule has 16 heavy (non-hydrogen) atoms. The number of aromatic nitrogens is 1. The number of aryl methyl sites for hydroxylation is 1. The van der Waals surface area contributed by atoms with Gasteiger partial charge in [-0.05, 0) is 35.0 Å². The Hall–Kier alpha value is -1.20. The lowest BCUT2D eigenvalue weighted by Gasteiger charge is -2.03. The van der Waals surface area contributed by atoms with Gasteiger partial charge in [0.05, 0.1) is 9.48 Å². The van der Waals surface area contributed by atoms with E-state index in [9.17, 15) is 4.79 Å². The molecular weight excluding hydrogens is 290 g/mol. The summed E-state index contributed by atoms with van der Waals surface area (Å²) in [6.07, 6.45) is 0. The first kappa shape index (κ1) is 11.3.